The molecule has 0 fully saturated rings. The van der Waals surface area contributed by atoms with Gasteiger partial charge < -0.3 is 14.5 Å². The fourth-order valence-electron chi connectivity index (χ4n) is 1.82. The maximum atomic E-state index is 11.7. The van der Waals surface area contributed by atoms with Crippen LogP contribution in [0.2, 0.25) is 10.0 Å². The van der Waals surface area contributed by atoms with Crippen LogP contribution in [-0.2, 0) is 16.1 Å². The van der Waals surface area contributed by atoms with Crippen LogP contribution in [0.25, 0.3) is 6.08 Å². The SMILES string of the molecule is COC(=O)c1c(Cl)cc(CNC(=O)/C=C/c2ccco2)cc1Cl. The zero-order chi connectivity index (χ0) is 16.8. The Morgan fingerprint density at radius 2 is 2.00 bits per heavy atom. The molecule has 0 bridgehead atoms. The van der Waals surface area contributed by atoms with Gasteiger partial charge in [-0.15, -0.1) is 0 Å². The Balaban J connectivity index is 2.01. The largest absolute Gasteiger partial charge is 0.465 e. The molecular formula is C16H13Cl2NO4. The predicted molar refractivity (Wildman–Crippen MR) is 87.4 cm³/mol. The summed E-state index contributed by atoms with van der Waals surface area (Å²) >= 11 is 12.1. The molecule has 1 aromatic heterocycles. The van der Waals surface area contributed by atoms with Crippen molar-refractivity contribution in [3.05, 3.63) is 63.5 Å². The monoisotopic (exact) mass is 353 g/mol. The number of benzene rings is 1. The minimum Gasteiger partial charge on any atom is -0.465 e. The summed E-state index contributed by atoms with van der Waals surface area (Å²) in [6, 6.07) is 6.56. The van der Waals surface area contributed by atoms with Crippen molar-refractivity contribution < 1.29 is 18.7 Å². The summed E-state index contributed by atoms with van der Waals surface area (Å²) < 4.78 is 9.69. The van der Waals surface area contributed by atoms with Crippen LogP contribution in [0.5, 0.6) is 0 Å². The molecule has 120 valence electrons. The van der Waals surface area contributed by atoms with Crippen LogP contribution >= 0.6 is 23.2 Å². The number of carbonyl (C=O) groups is 2. The number of ether oxygens (including phenoxy) is 1. The first-order valence-corrected chi connectivity index (χ1v) is 7.32. The molecule has 2 aromatic rings. The van der Waals surface area contributed by atoms with Gasteiger partial charge in [0.2, 0.25) is 5.91 Å². The standard InChI is InChI=1S/C16H13Cl2NO4/c1-22-16(21)15-12(17)7-10(8-13(15)18)9-19-14(20)5-4-11-3-2-6-23-11/h2-8H,9H2,1H3,(H,19,20)/b5-4+. The Morgan fingerprint density at radius 3 is 2.57 bits per heavy atom. The van der Waals surface area contributed by atoms with E-state index in [1.54, 1.807) is 30.3 Å². The molecule has 7 heteroatoms. The summed E-state index contributed by atoms with van der Waals surface area (Å²) in [7, 11) is 1.24. The van der Waals surface area contributed by atoms with Gasteiger partial charge in [0.25, 0.3) is 0 Å². The summed E-state index contributed by atoms with van der Waals surface area (Å²) in [4.78, 5) is 23.3. The summed E-state index contributed by atoms with van der Waals surface area (Å²) in [6.07, 6.45) is 4.42. The highest BCUT2D eigenvalue weighted by atomic mass is 35.5. The van der Waals surface area contributed by atoms with Gasteiger partial charge in [-0.25, -0.2) is 4.79 Å². The minimum atomic E-state index is -0.614. The van der Waals surface area contributed by atoms with Gasteiger partial charge in [-0.05, 0) is 35.9 Å². The molecule has 1 amide bonds. The lowest BCUT2D eigenvalue weighted by Crippen LogP contribution is -2.20. The van der Waals surface area contributed by atoms with E-state index in [4.69, 9.17) is 27.6 Å². The highest BCUT2D eigenvalue weighted by molar-refractivity contribution is 6.39. The van der Waals surface area contributed by atoms with E-state index in [2.05, 4.69) is 10.1 Å². The van der Waals surface area contributed by atoms with E-state index in [-0.39, 0.29) is 28.1 Å². The number of esters is 1. The van der Waals surface area contributed by atoms with Crippen LogP contribution in [0.4, 0.5) is 0 Å². The van der Waals surface area contributed by atoms with Gasteiger partial charge in [-0.1, -0.05) is 23.2 Å². The predicted octanol–water partition coefficient (Wildman–Crippen LogP) is 3.70. The highest BCUT2D eigenvalue weighted by Gasteiger charge is 2.16. The molecule has 0 spiro atoms. The normalized spacial score (nSPS) is 10.7. The third-order valence-corrected chi connectivity index (χ3v) is 3.50. The lowest BCUT2D eigenvalue weighted by molar-refractivity contribution is -0.116. The lowest BCUT2D eigenvalue weighted by atomic mass is 10.1. The molecule has 0 saturated heterocycles. The van der Waals surface area contributed by atoms with E-state index >= 15 is 0 Å². The van der Waals surface area contributed by atoms with Crippen LogP contribution < -0.4 is 5.32 Å². The van der Waals surface area contributed by atoms with E-state index in [0.29, 0.717) is 11.3 Å². The number of halogens is 2. The number of methoxy groups -OCH3 is 1. The molecule has 0 aliphatic heterocycles. The van der Waals surface area contributed by atoms with Gasteiger partial charge >= 0.3 is 5.97 Å². The third kappa shape index (κ3) is 4.61. The second-order valence-electron chi connectivity index (χ2n) is 4.49. The van der Waals surface area contributed by atoms with Crippen molar-refractivity contribution in [3.63, 3.8) is 0 Å². The number of amides is 1. The molecule has 2 rings (SSSR count). The smallest absolute Gasteiger partial charge is 0.340 e. The Hall–Kier alpha value is -2.24. The van der Waals surface area contributed by atoms with Gasteiger partial charge in [0, 0.05) is 12.6 Å². The van der Waals surface area contributed by atoms with Crippen LogP contribution in [0.15, 0.2) is 41.0 Å². The first-order chi connectivity index (χ1) is 11.0. The van der Waals surface area contributed by atoms with Crippen LogP contribution in [0.3, 0.4) is 0 Å². The molecule has 1 aromatic carbocycles. The van der Waals surface area contributed by atoms with Gasteiger partial charge in [-0.3, -0.25) is 4.79 Å². The van der Waals surface area contributed by atoms with Crippen molar-refractivity contribution in [1.29, 1.82) is 0 Å². The van der Waals surface area contributed by atoms with Crippen LogP contribution in [0, 0.1) is 0 Å². The summed E-state index contributed by atoms with van der Waals surface area (Å²) in [5.74, 6) is -0.337. The van der Waals surface area contributed by atoms with E-state index < -0.39 is 5.97 Å². The second-order valence-corrected chi connectivity index (χ2v) is 5.31. The summed E-state index contributed by atoms with van der Waals surface area (Å²) in [5, 5.41) is 3.01. The number of furan rings is 1. The molecule has 0 atom stereocenters. The average molecular weight is 354 g/mol. The topological polar surface area (TPSA) is 68.5 Å². The maximum absolute atomic E-state index is 11.7. The Bertz CT molecular complexity index is 716. The zero-order valence-corrected chi connectivity index (χ0v) is 13.6. The highest BCUT2D eigenvalue weighted by Crippen LogP contribution is 2.27. The van der Waals surface area contributed by atoms with Crippen molar-refractivity contribution in [2.75, 3.05) is 7.11 Å². The molecule has 0 unspecified atom stereocenters. The van der Waals surface area contributed by atoms with Crippen LogP contribution in [-0.4, -0.2) is 19.0 Å². The molecule has 0 saturated carbocycles. The summed E-state index contributed by atoms with van der Waals surface area (Å²) in [6.45, 7) is 0.211. The van der Waals surface area contributed by atoms with E-state index in [1.165, 1.54) is 19.4 Å². The number of nitrogens with one attached hydrogen (secondary N) is 1. The van der Waals surface area contributed by atoms with Gasteiger partial charge in [0.05, 0.1) is 29.0 Å². The first-order valence-electron chi connectivity index (χ1n) is 6.57. The van der Waals surface area contributed by atoms with Crippen molar-refractivity contribution >= 4 is 41.2 Å². The molecule has 5 nitrogen and oxygen atoms in total. The minimum absolute atomic E-state index is 0.101. The first kappa shape index (κ1) is 17.1. The molecule has 0 radical (unpaired) electrons. The van der Waals surface area contributed by atoms with Crippen molar-refractivity contribution in [2.45, 2.75) is 6.54 Å². The fourth-order valence-corrected chi connectivity index (χ4v) is 2.50. The van der Waals surface area contributed by atoms with Crippen molar-refractivity contribution in [3.8, 4) is 0 Å². The van der Waals surface area contributed by atoms with Gasteiger partial charge in [-0.2, -0.15) is 0 Å². The molecular weight excluding hydrogens is 341 g/mol. The third-order valence-electron chi connectivity index (χ3n) is 2.90. The van der Waals surface area contributed by atoms with E-state index in [1.807, 2.05) is 0 Å². The van der Waals surface area contributed by atoms with Crippen LogP contribution in [0.1, 0.15) is 21.7 Å². The quantitative estimate of drug-likeness (QED) is 0.657. The van der Waals surface area contributed by atoms with Crippen molar-refractivity contribution in [2.24, 2.45) is 0 Å². The van der Waals surface area contributed by atoms with E-state index in [9.17, 15) is 9.59 Å². The Kier molecular flexibility index (Phi) is 5.84. The van der Waals surface area contributed by atoms with Gasteiger partial charge in [0.15, 0.2) is 0 Å². The van der Waals surface area contributed by atoms with E-state index in [0.717, 1.165) is 0 Å². The van der Waals surface area contributed by atoms with Gasteiger partial charge in [0.1, 0.15) is 5.76 Å². The summed E-state index contributed by atoms with van der Waals surface area (Å²) in [5.41, 5.74) is 0.760. The Morgan fingerprint density at radius 1 is 1.30 bits per heavy atom. The lowest BCUT2D eigenvalue weighted by Gasteiger charge is -2.09. The number of rotatable bonds is 5. The number of hydrogen-bond acceptors (Lipinski definition) is 4. The average Bonchev–Trinajstić information content (AvgIpc) is 3.03. The van der Waals surface area contributed by atoms with Crippen molar-refractivity contribution in [1.82, 2.24) is 5.32 Å². The fraction of sp³-hybridized carbons (Fsp3) is 0.125. The molecule has 23 heavy (non-hydrogen) atoms. The number of hydrogen-bond donors (Lipinski definition) is 1. The molecule has 0 aliphatic rings. The number of carbonyl (C=O) groups excluding carboxylic acids is 2. The Labute approximate surface area is 142 Å². The second kappa shape index (κ2) is 7.85. The molecule has 1 N–H and O–H groups in total. The maximum Gasteiger partial charge on any atom is 0.340 e. The molecule has 1 heterocycles. The zero-order valence-electron chi connectivity index (χ0n) is 12.1. The molecule has 0 aliphatic carbocycles.